The molecule has 0 saturated heterocycles. The van der Waals surface area contributed by atoms with E-state index in [2.05, 4.69) is 14.7 Å². The minimum atomic E-state index is -0.832. The summed E-state index contributed by atoms with van der Waals surface area (Å²) in [6.45, 7) is 2.89. The third-order valence-electron chi connectivity index (χ3n) is 3.07. The summed E-state index contributed by atoms with van der Waals surface area (Å²) in [6, 6.07) is 2.40. The van der Waals surface area contributed by atoms with Crippen molar-refractivity contribution in [1.29, 1.82) is 0 Å². The maximum absolute atomic E-state index is 13.0. The second-order valence-electron chi connectivity index (χ2n) is 4.52. The first kappa shape index (κ1) is 16.3. The van der Waals surface area contributed by atoms with Gasteiger partial charge in [0.15, 0.2) is 5.75 Å². The number of aryl methyl sites for hydroxylation is 1. The summed E-state index contributed by atoms with van der Waals surface area (Å²) in [4.78, 5) is 29.6. The van der Waals surface area contributed by atoms with Gasteiger partial charge in [0.05, 0.1) is 17.7 Å². The van der Waals surface area contributed by atoms with Gasteiger partial charge in [0, 0.05) is 5.56 Å². The van der Waals surface area contributed by atoms with Crippen LogP contribution in [-0.4, -0.2) is 28.0 Å². The van der Waals surface area contributed by atoms with Crippen molar-refractivity contribution in [2.45, 2.75) is 13.8 Å². The van der Waals surface area contributed by atoms with Crippen LogP contribution in [0, 0.1) is 29.9 Å². The van der Waals surface area contributed by atoms with Gasteiger partial charge in [-0.15, -0.1) is 0 Å². The van der Waals surface area contributed by atoms with Crippen molar-refractivity contribution in [2.75, 3.05) is 7.11 Å². The summed E-state index contributed by atoms with van der Waals surface area (Å²) in [5, 5.41) is 11.0. The topological polar surface area (TPSA) is 104 Å². The van der Waals surface area contributed by atoms with Gasteiger partial charge < -0.3 is 9.47 Å². The molecular weight excluding hydrogens is 309 g/mol. The third kappa shape index (κ3) is 3.23. The van der Waals surface area contributed by atoms with E-state index in [9.17, 15) is 19.3 Å². The second-order valence-corrected chi connectivity index (χ2v) is 4.52. The predicted molar refractivity (Wildman–Crippen MR) is 76.0 cm³/mol. The first-order valence-electron chi connectivity index (χ1n) is 6.38. The van der Waals surface area contributed by atoms with Crippen LogP contribution in [-0.2, 0) is 4.74 Å². The highest BCUT2D eigenvalue weighted by molar-refractivity contribution is 5.94. The zero-order valence-electron chi connectivity index (χ0n) is 12.5. The van der Waals surface area contributed by atoms with Gasteiger partial charge in [-0.05, 0) is 26.0 Å². The van der Waals surface area contributed by atoms with E-state index in [1.54, 1.807) is 0 Å². The Kier molecular flexibility index (Phi) is 4.49. The number of carbonyl (C=O) groups excluding carboxylic acids is 1. The van der Waals surface area contributed by atoms with Crippen LogP contribution in [0.1, 0.15) is 21.6 Å². The van der Waals surface area contributed by atoms with E-state index in [1.807, 2.05) is 0 Å². The average molecular weight is 321 g/mol. The maximum Gasteiger partial charge on any atom is 0.343 e. The molecule has 0 amide bonds. The highest BCUT2D eigenvalue weighted by Crippen LogP contribution is 2.31. The Morgan fingerprint density at radius 2 is 2.04 bits per heavy atom. The smallest absolute Gasteiger partial charge is 0.343 e. The van der Waals surface area contributed by atoms with Crippen LogP contribution in [0.5, 0.6) is 11.6 Å². The van der Waals surface area contributed by atoms with Crippen molar-refractivity contribution in [1.82, 2.24) is 9.97 Å². The second kappa shape index (κ2) is 6.34. The molecule has 0 aliphatic carbocycles. The number of rotatable bonds is 4. The predicted octanol–water partition coefficient (Wildman–Crippen LogP) is 2.72. The first-order chi connectivity index (χ1) is 10.8. The lowest BCUT2D eigenvalue weighted by atomic mass is 10.1. The van der Waals surface area contributed by atoms with Crippen molar-refractivity contribution < 1.29 is 23.6 Å². The van der Waals surface area contributed by atoms with Gasteiger partial charge in [-0.25, -0.2) is 14.8 Å². The first-order valence-corrected chi connectivity index (χ1v) is 6.38. The molecule has 0 fully saturated rings. The monoisotopic (exact) mass is 321 g/mol. The molecule has 0 radical (unpaired) electrons. The maximum atomic E-state index is 13.0. The Morgan fingerprint density at radius 3 is 2.61 bits per heavy atom. The fourth-order valence-electron chi connectivity index (χ4n) is 1.90. The normalized spacial score (nSPS) is 10.3. The number of carbonyl (C=O) groups is 1. The molecule has 0 aromatic carbocycles. The number of pyridine rings is 2. The molecule has 0 unspecified atom stereocenters. The lowest BCUT2D eigenvalue weighted by Gasteiger charge is -2.12. The van der Waals surface area contributed by atoms with Crippen LogP contribution in [0.3, 0.4) is 0 Å². The number of aromatic nitrogens is 2. The van der Waals surface area contributed by atoms with E-state index in [0.717, 1.165) is 19.4 Å². The Hall–Kier alpha value is -3.10. The summed E-state index contributed by atoms with van der Waals surface area (Å²) >= 11 is 0. The highest BCUT2D eigenvalue weighted by Gasteiger charge is 2.26. The van der Waals surface area contributed by atoms with Crippen molar-refractivity contribution in [3.63, 3.8) is 0 Å². The molecule has 8 nitrogen and oxygen atoms in total. The average Bonchev–Trinajstić information content (AvgIpc) is 2.49. The van der Waals surface area contributed by atoms with Gasteiger partial charge in [-0.1, -0.05) is 0 Å². The van der Waals surface area contributed by atoms with E-state index in [0.29, 0.717) is 0 Å². The number of nitro groups is 1. The number of nitrogens with zero attached hydrogens (tertiary/aromatic N) is 3. The molecule has 9 heteroatoms. The molecular formula is C14H12FN3O5. The van der Waals surface area contributed by atoms with Crippen LogP contribution in [0.2, 0.25) is 0 Å². The highest BCUT2D eigenvalue weighted by atomic mass is 19.1. The molecule has 23 heavy (non-hydrogen) atoms. The molecule has 2 aromatic heterocycles. The van der Waals surface area contributed by atoms with Gasteiger partial charge >= 0.3 is 5.97 Å². The number of hydrogen-bond donors (Lipinski definition) is 0. The summed E-state index contributed by atoms with van der Waals surface area (Å²) in [7, 11) is 1.13. The molecule has 120 valence electrons. The molecule has 0 atom stereocenters. The number of hydrogen-bond acceptors (Lipinski definition) is 7. The van der Waals surface area contributed by atoms with Crippen LogP contribution < -0.4 is 4.74 Å². The Balaban J connectivity index is 2.55. The quantitative estimate of drug-likeness (QED) is 0.369. The van der Waals surface area contributed by atoms with E-state index in [1.165, 1.54) is 19.9 Å². The van der Waals surface area contributed by atoms with E-state index >= 15 is 0 Å². The van der Waals surface area contributed by atoms with Gasteiger partial charge in [-0.2, -0.15) is 4.39 Å². The van der Waals surface area contributed by atoms with Crippen LogP contribution in [0.25, 0.3) is 0 Å². The molecule has 0 aliphatic heterocycles. The van der Waals surface area contributed by atoms with Crippen LogP contribution in [0.15, 0.2) is 18.3 Å². The lowest BCUT2D eigenvalue weighted by Crippen LogP contribution is -2.10. The molecule has 0 N–H and O–H groups in total. The summed E-state index contributed by atoms with van der Waals surface area (Å²) < 4.78 is 23.1. The van der Waals surface area contributed by atoms with Crippen molar-refractivity contribution in [2.24, 2.45) is 0 Å². The fraction of sp³-hybridized carbons (Fsp3) is 0.214. The van der Waals surface area contributed by atoms with E-state index < -0.39 is 16.8 Å². The number of methoxy groups -OCH3 is 1. The minimum absolute atomic E-state index is 0.0552. The number of esters is 1. The molecule has 0 aliphatic rings. The molecule has 0 spiro atoms. The Labute approximate surface area is 130 Å². The lowest BCUT2D eigenvalue weighted by molar-refractivity contribution is -0.385. The molecule has 2 aromatic rings. The minimum Gasteiger partial charge on any atom is -0.465 e. The summed E-state index contributed by atoms with van der Waals surface area (Å²) in [5.41, 5.74) is -0.227. The zero-order chi connectivity index (χ0) is 17.1. The largest absolute Gasteiger partial charge is 0.465 e. The van der Waals surface area contributed by atoms with Crippen LogP contribution in [0.4, 0.5) is 10.1 Å². The van der Waals surface area contributed by atoms with E-state index in [4.69, 9.17) is 4.74 Å². The summed E-state index contributed by atoms with van der Waals surface area (Å²) in [5.74, 6) is -1.54. The fourth-order valence-corrected chi connectivity index (χ4v) is 1.90. The van der Waals surface area contributed by atoms with Gasteiger partial charge in [0.2, 0.25) is 11.8 Å². The molecule has 0 bridgehead atoms. The van der Waals surface area contributed by atoms with Gasteiger partial charge in [0.1, 0.15) is 11.8 Å². The number of halogens is 1. The molecule has 2 heterocycles. The van der Waals surface area contributed by atoms with Gasteiger partial charge in [-0.3, -0.25) is 10.1 Å². The standard InChI is InChI=1S/C14H12FN3O5/c1-7-9(18(20)21)6-16-13(12(7)14(19)22-3)23-10-4-5-11(15)17-8(10)2/h4-6H,1-3H3. The van der Waals surface area contributed by atoms with Gasteiger partial charge in [0.25, 0.3) is 5.69 Å². The molecule has 0 saturated carbocycles. The third-order valence-corrected chi connectivity index (χ3v) is 3.07. The van der Waals surface area contributed by atoms with E-state index in [-0.39, 0.29) is 34.1 Å². The van der Waals surface area contributed by atoms with Crippen molar-refractivity contribution in [3.8, 4) is 11.6 Å². The Bertz CT molecular complexity index is 794. The van der Waals surface area contributed by atoms with Crippen LogP contribution >= 0.6 is 0 Å². The van der Waals surface area contributed by atoms with Crippen molar-refractivity contribution >= 4 is 11.7 Å². The Morgan fingerprint density at radius 1 is 1.35 bits per heavy atom. The van der Waals surface area contributed by atoms with Crippen molar-refractivity contribution in [3.05, 3.63) is 51.2 Å². The molecule has 2 rings (SSSR count). The summed E-state index contributed by atoms with van der Waals surface area (Å²) in [6.07, 6.45) is 0.976. The zero-order valence-corrected chi connectivity index (χ0v) is 12.5. The SMILES string of the molecule is COC(=O)c1c(Oc2ccc(F)nc2C)ncc([N+](=O)[O-])c1C. The number of ether oxygens (including phenoxy) is 2.